The third-order valence-corrected chi connectivity index (χ3v) is 5.34. The SMILES string of the molecule is Cc1ncsc1CCC1(CN)CCCC(C)C1. The maximum absolute atomic E-state index is 6.07. The molecule has 2 N–H and O–H groups in total. The van der Waals surface area contributed by atoms with Gasteiger partial charge in [-0.15, -0.1) is 11.3 Å². The van der Waals surface area contributed by atoms with Gasteiger partial charge in [0.05, 0.1) is 11.2 Å². The van der Waals surface area contributed by atoms with Crippen LogP contribution in [0.25, 0.3) is 0 Å². The highest BCUT2D eigenvalue weighted by Gasteiger charge is 2.33. The van der Waals surface area contributed by atoms with Crippen molar-refractivity contribution < 1.29 is 0 Å². The van der Waals surface area contributed by atoms with E-state index < -0.39 is 0 Å². The second kappa shape index (κ2) is 5.49. The molecule has 0 spiro atoms. The van der Waals surface area contributed by atoms with Crippen molar-refractivity contribution in [2.45, 2.75) is 52.4 Å². The summed E-state index contributed by atoms with van der Waals surface area (Å²) >= 11 is 1.80. The van der Waals surface area contributed by atoms with Crippen LogP contribution in [0.1, 0.15) is 49.6 Å². The second-order valence-electron chi connectivity index (χ2n) is 5.77. The topological polar surface area (TPSA) is 38.9 Å². The van der Waals surface area contributed by atoms with Gasteiger partial charge in [0.2, 0.25) is 0 Å². The van der Waals surface area contributed by atoms with Crippen LogP contribution in [0.3, 0.4) is 0 Å². The molecule has 0 bridgehead atoms. The van der Waals surface area contributed by atoms with Gasteiger partial charge in [-0.1, -0.05) is 19.8 Å². The van der Waals surface area contributed by atoms with E-state index >= 15 is 0 Å². The Labute approximate surface area is 109 Å². The van der Waals surface area contributed by atoms with Crippen molar-refractivity contribution in [1.82, 2.24) is 4.98 Å². The molecule has 1 saturated carbocycles. The number of hydrogen-bond donors (Lipinski definition) is 1. The molecule has 2 atom stereocenters. The van der Waals surface area contributed by atoms with Gasteiger partial charge < -0.3 is 5.73 Å². The van der Waals surface area contributed by atoms with Crippen molar-refractivity contribution in [2.24, 2.45) is 17.1 Å². The van der Waals surface area contributed by atoms with Gasteiger partial charge in [0.1, 0.15) is 0 Å². The molecule has 0 aromatic carbocycles. The van der Waals surface area contributed by atoms with Gasteiger partial charge in [0.25, 0.3) is 0 Å². The van der Waals surface area contributed by atoms with Crippen molar-refractivity contribution >= 4 is 11.3 Å². The highest BCUT2D eigenvalue weighted by Crippen LogP contribution is 2.42. The summed E-state index contributed by atoms with van der Waals surface area (Å²) in [6.07, 6.45) is 7.81. The molecule has 1 aliphatic rings. The summed E-state index contributed by atoms with van der Waals surface area (Å²) in [4.78, 5) is 5.79. The lowest BCUT2D eigenvalue weighted by Gasteiger charge is -2.39. The molecule has 17 heavy (non-hydrogen) atoms. The predicted molar refractivity (Wildman–Crippen MR) is 74.3 cm³/mol. The smallest absolute Gasteiger partial charge is 0.0797 e. The fraction of sp³-hybridized carbons (Fsp3) is 0.786. The lowest BCUT2D eigenvalue weighted by atomic mass is 9.67. The third kappa shape index (κ3) is 3.08. The van der Waals surface area contributed by atoms with Gasteiger partial charge in [-0.25, -0.2) is 4.98 Å². The molecule has 1 aliphatic carbocycles. The fourth-order valence-electron chi connectivity index (χ4n) is 3.23. The number of rotatable bonds is 4. The zero-order valence-electron chi connectivity index (χ0n) is 11.0. The number of thiazole rings is 1. The number of nitrogens with two attached hydrogens (primary N) is 1. The zero-order valence-corrected chi connectivity index (χ0v) is 11.9. The number of aromatic nitrogens is 1. The Bertz CT molecular complexity index is 361. The summed E-state index contributed by atoms with van der Waals surface area (Å²) in [6.45, 7) is 5.35. The molecule has 1 aromatic heterocycles. The van der Waals surface area contributed by atoms with E-state index in [1.54, 1.807) is 11.3 Å². The Morgan fingerprint density at radius 2 is 2.41 bits per heavy atom. The molecule has 3 heteroatoms. The van der Waals surface area contributed by atoms with Gasteiger partial charge in [-0.2, -0.15) is 0 Å². The van der Waals surface area contributed by atoms with Gasteiger partial charge in [0.15, 0.2) is 0 Å². The predicted octanol–water partition coefficient (Wildman–Crippen LogP) is 3.54. The van der Waals surface area contributed by atoms with Crippen molar-refractivity contribution in [3.8, 4) is 0 Å². The molecule has 0 aliphatic heterocycles. The number of aryl methyl sites for hydroxylation is 2. The first-order valence-corrected chi connectivity index (χ1v) is 7.62. The Morgan fingerprint density at radius 1 is 1.59 bits per heavy atom. The molecule has 1 aromatic rings. The molecule has 0 amide bonds. The van der Waals surface area contributed by atoms with Crippen LogP contribution in [0.2, 0.25) is 0 Å². The fourth-order valence-corrected chi connectivity index (χ4v) is 4.01. The minimum atomic E-state index is 0.411. The molecule has 1 heterocycles. The first-order valence-electron chi connectivity index (χ1n) is 6.74. The van der Waals surface area contributed by atoms with Crippen molar-refractivity contribution in [1.29, 1.82) is 0 Å². The maximum Gasteiger partial charge on any atom is 0.0797 e. The summed E-state index contributed by atoms with van der Waals surface area (Å²) in [5, 5.41) is 0. The lowest BCUT2D eigenvalue weighted by molar-refractivity contribution is 0.142. The van der Waals surface area contributed by atoms with Gasteiger partial charge in [0, 0.05) is 4.88 Å². The molecule has 2 nitrogen and oxygen atoms in total. The van der Waals surface area contributed by atoms with Crippen LogP contribution in [0.4, 0.5) is 0 Å². The Kier molecular flexibility index (Phi) is 4.21. The van der Waals surface area contributed by atoms with Crippen molar-refractivity contribution in [3.63, 3.8) is 0 Å². The molecule has 2 unspecified atom stereocenters. The summed E-state index contributed by atoms with van der Waals surface area (Å²) in [7, 11) is 0. The van der Waals surface area contributed by atoms with Crippen LogP contribution in [-0.4, -0.2) is 11.5 Å². The van der Waals surface area contributed by atoms with E-state index in [4.69, 9.17) is 5.73 Å². The number of nitrogens with zero attached hydrogens (tertiary/aromatic N) is 1. The highest BCUT2D eigenvalue weighted by atomic mass is 32.1. The van der Waals surface area contributed by atoms with Crippen LogP contribution in [0, 0.1) is 18.3 Å². The van der Waals surface area contributed by atoms with E-state index in [2.05, 4.69) is 18.8 Å². The van der Waals surface area contributed by atoms with Crippen LogP contribution in [0.5, 0.6) is 0 Å². The van der Waals surface area contributed by atoms with E-state index in [0.717, 1.165) is 12.5 Å². The summed E-state index contributed by atoms with van der Waals surface area (Å²) < 4.78 is 0. The van der Waals surface area contributed by atoms with E-state index in [0.29, 0.717) is 5.41 Å². The van der Waals surface area contributed by atoms with Crippen molar-refractivity contribution in [2.75, 3.05) is 6.54 Å². The van der Waals surface area contributed by atoms with E-state index in [1.807, 2.05) is 5.51 Å². The third-order valence-electron chi connectivity index (χ3n) is 4.35. The lowest BCUT2D eigenvalue weighted by Crippen LogP contribution is -2.35. The molecule has 96 valence electrons. The van der Waals surface area contributed by atoms with E-state index in [9.17, 15) is 0 Å². The molecule has 1 fully saturated rings. The Hall–Kier alpha value is -0.410. The monoisotopic (exact) mass is 252 g/mol. The normalized spacial score (nSPS) is 29.5. The Balaban J connectivity index is 1.97. The van der Waals surface area contributed by atoms with Crippen LogP contribution < -0.4 is 5.73 Å². The number of hydrogen-bond acceptors (Lipinski definition) is 3. The summed E-state index contributed by atoms with van der Waals surface area (Å²) in [5.41, 5.74) is 9.65. The first-order chi connectivity index (χ1) is 8.15. The first kappa shape index (κ1) is 13.0. The van der Waals surface area contributed by atoms with Crippen LogP contribution in [-0.2, 0) is 6.42 Å². The maximum atomic E-state index is 6.07. The summed E-state index contributed by atoms with van der Waals surface area (Å²) in [6, 6.07) is 0. The summed E-state index contributed by atoms with van der Waals surface area (Å²) in [5.74, 6) is 0.856. The van der Waals surface area contributed by atoms with Crippen LogP contribution in [0.15, 0.2) is 5.51 Å². The molecule has 2 rings (SSSR count). The van der Waals surface area contributed by atoms with Crippen molar-refractivity contribution in [3.05, 3.63) is 16.1 Å². The minimum Gasteiger partial charge on any atom is -0.330 e. The highest BCUT2D eigenvalue weighted by molar-refractivity contribution is 7.09. The van der Waals surface area contributed by atoms with E-state index in [-0.39, 0.29) is 0 Å². The quantitative estimate of drug-likeness (QED) is 0.890. The average molecular weight is 252 g/mol. The van der Waals surface area contributed by atoms with Gasteiger partial charge in [-0.05, 0) is 50.5 Å². The van der Waals surface area contributed by atoms with Crippen LogP contribution >= 0.6 is 11.3 Å². The average Bonchev–Trinajstić information content (AvgIpc) is 2.72. The Morgan fingerprint density at radius 3 is 3.00 bits per heavy atom. The molecule has 0 radical (unpaired) electrons. The standard InChI is InChI=1S/C14H24N2S/c1-11-4-3-6-14(8-11,9-15)7-5-13-12(2)16-10-17-13/h10-11H,3-9,15H2,1-2H3. The van der Waals surface area contributed by atoms with Gasteiger partial charge >= 0.3 is 0 Å². The van der Waals surface area contributed by atoms with Gasteiger partial charge in [-0.3, -0.25) is 0 Å². The molecule has 0 saturated heterocycles. The van der Waals surface area contributed by atoms with E-state index in [1.165, 1.54) is 49.1 Å². The minimum absolute atomic E-state index is 0.411. The zero-order chi connectivity index (χ0) is 12.3. The second-order valence-corrected chi connectivity index (χ2v) is 6.71. The molecular weight excluding hydrogens is 228 g/mol. The molecular formula is C14H24N2S. The largest absolute Gasteiger partial charge is 0.330 e.